The molecule has 1 aromatic carbocycles. The van der Waals surface area contributed by atoms with Crippen molar-refractivity contribution in [2.45, 2.75) is 6.54 Å². The Kier molecular flexibility index (Phi) is 2.80. The minimum absolute atomic E-state index is 0.232. The highest BCUT2D eigenvalue weighted by atomic mass is 19.1. The van der Waals surface area contributed by atoms with Crippen molar-refractivity contribution in [2.24, 2.45) is 12.8 Å². The molecule has 0 saturated heterocycles. The molecule has 0 unspecified atom stereocenters. The van der Waals surface area contributed by atoms with Crippen LogP contribution in [0.15, 0.2) is 42.7 Å². The molecule has 0 aliphatic rings. The molecule has 2 aromatic heterocycles. The summed E-state index contributed by atoms with van der Waals surface area (Å²) in [6, 6.07) is 8.66. The number of rotatable bonds is 2. The minimum Gasteiger partial charge on any atom is -0.350 e. The Labute approximate surface area is 110 Å². The zero-order chi connectivity index (χ0) is 13.4. The van der Waals surface area contributed by atoms with Crippen LogP contribution in [-0.2, 0) is 13.6 Å². The summed E-state index contributed by atoms with van der Waals surface area (Å²) in [6.07, 6.45) is 3.71. The third-order valence-corrected chi connectivity index (χ3v) is 3.29. The summed E-state index contributed by atoms with van der Waals surface area (Å²) < 4.78 is 15.2. The van der Waals surface area contributed by atoms with E-state index < -0.39 is 0 Å². The van der Waals surface area contributed by atoms with E-state index in [9.17, 15) is 4.39 Å². The van der Waals surface area contributed by atoms with E-state index >= 15 is 0 Å². The Hall–Kier alpha value is -2.20. The van der Waals surface area contributed by atoms with E-state index in [4.69, 9.17) is 5.73 Å². The van der Waals surface area contributed by atoms with Crippen molar-refractivity contribution in [1.82, 2.24) is 9.55 Å². The number of pyridine rings is 1. The SMILES string of the molecule is Cn1cc(-c2cc(CN)ccn2)c2ccc(F)cc21. The summed E-state index contributed by atoms with van der Waals surface area (Å²) in [7, 11) is 1.90. The second-order valence-electron chi connectivity index (χ2n) is 4.57. The molecule has 3 rings (SSSR count). The molecule has 0 atom stereocenters. The first kappa shape index (κ1) is 11.9. The minimum atomic E-state index is -0.232. The normalized spacial score (nSPS) is 11.1. The molecule has 0 bridgehead atoms. The predicted octanol–water partition coefficient (Wildman–Crippen LogP) is 2.84. The molecular formula is C15H14FN3. The van der Waals surface area contributed by atoms with Gasteiger partial charge in [0, 0.05) is 36.9 Å². The average molecular weight is 255 g/mol. The standard InChI is InChI=1S/C15H14FN3/c1-19-9-13(12-3-2-11(16)7-15(12)19)14-6-10(8-17)4-5-18-14/h2-7,9H,8,17H2,1H3. The molecule has 0 aliphatic carbocycles. The molecule has 19 heavy (non-hydrogen) atoms. The van der Waals surface area contributed by atoms with Crippen LogP contribution in [0.4, 0.5) is 4.39 Å². The van der Waals surface area contributed by atoms with Gasteiger partial charge in [-0.25, -0.2) is 4.39 Å². The number of halogens is 1. The van der Waals surface area contributed by atoms with Crippen LogP contribution < -0.4 is 5.73 Å². The highest BCUT2D eigenvalue weighted by Gasteiger charge is 2.10. The van der Waals surface area contributed by atoms with Gasteiger partial charge in [0.25, 0.3) is 0 Å². The fraction of sp³-hybridized carbons (Fsp3) is 0.133. The maximum absolute atomic E-state index is 13.3. The molecule has 0 aliphatic heterocycles. The van der Waals surface area contributed by atoms with E-state index in [0.29, 0.717) is 6.54 Å². The highest BCUT2D eigenvalue weighted by molar-refractivity contribution is 5.95. The Balaban J connectivity index is 2.25. The monoisotopic (exact) mass is 255 g/mol. The molecule has 2 N–H and O–H groups in total. The second-order valence-corrected chi connectivity index (χ2v) is 4.57. The molecule has 3 nitrogen and oxygen atoms in total. The molecule has 0 radical (unpaired) electrons. The molecule has 3 aromatic rings. The lowest BCUT2D eigenvalue weighted by molar-refractivity contribution is 0.629. The Morgan fingerprint density at radius 2 is 2.11 bits per heavy atom. The van der Waals surface area contributed by atoms with Gasteiger partial charge < -0.3 is 10.3 Å². The Morgan fingerprint density at radius 1 is 1.26 bits per heavy atom. The molecule has 0 spiro atoms. The predicted molar refractivity (Wildman–Crippen MR) is 74.0 cm³/mol. The van der Waals surface area contributed by atoms with Crippen molar-refractivity contribution in [1.29, 1.82) is 0 Å². The van der Waals surface area contributed by atoms with Crippen LogP contribution in [0.25, 0.3) is 22.2 Å². The van der Waals surface area contributed by atoms with Crippen LogP contribution in [0.5, 0.6) is 0 Å². The van der Waals surface area contributed by atoms with E-state index in [1.54, 1.807) is 12.3 Å². The third-order valence-electron chi connectivity index (χ3n) is 3.29. The van der Waals surface area contributed by atoms with Crippen LogP contribution in [0.3, 0.4) is 0 Å². The largest absolute Gasteiger partial charge is 0.350 e. The lowest BCUT2D eigenvalue weighted by Crippen LogP contribution is -1.96. The molecular weight excluding hydrogens is 241 g/mol. The highest BCUT2D eigenvalue weighted by Crippen LogP contribution is 2.29. The van der Waals surface area contributed by atoms with Crippen molar-refractivity contribution < 1.29 is 4.39 Å². The van der Waals surface area contributed by atoms with Crippen LogP contribution >= 0.6 is 0 Å². The molecule has 0 saturated carbocycles. The number of hydrogen-bond donors (Lipinski definition) is 1. The van der Waals surface area contributed by atoms with Crippen molar-refractivity contribution in [3.05, 3.63) is 54.1 Å². The first-order valence-corrected chi connectivity index (χ1v) is 6.09. The fourth-order valence-corrected chi connectivity index (χ4v) is 2.31. The molecule has 0 amide bonds. The van der Waals surface area contributed by atoms with Gasteiger partial charge >= 0.3 is 0 Å². The quantitative estimate of drug-likeness (QED) is 0.765. The first-order valence-electron chi connectivity index (χ1n) is 6.09. The molecule has 2 heterocycles. The van der Waals surface area contributed by atoms with Crippen LogP contribution in [-0.4, -0.2) is 9.55 Å². The maximum atomic E-state index is 13.3. The number of benzene rings is 1. The van der Waals surface area contributed by atoms with E-state index in [2.05, 4.69) is 4.98 Å². The van der Waals surface area contributed by atoms with E-state index in [-0.39, 0.29) is 5.82 Å². The van der Waals surface area contributed by atoms with Gasteiger partial charge in [-0.2, -0.15) is 0 Å². The molecule has 4 heteroatoms. The van der Waals surface area contributed by atoms with Gasteiger partial charge in [-0.15, -0.1) is 0 Å². The van der Waals surface area contributed by atoms with Crippen molar-refractivity contribution in [3.63, 3.8) is 0 Å². The zero-order valence-corrected chi connectivity index (χ0v) is 10.6. The first-order chi connectivity index (χ1) is 9.19. The fourth-order valence-electron chi connectivity index (χ4n) is 2.31. The van der Waals surface area contributed by atoms with Gasteiger partial charge in [0.05, 0.1) is 11.2 Å². The number of aromatic nitrogens is 2. The van der Waals surface area contributed by atoms with E-state index in [0.717, 1.165) is 27.7 Å². The zero-order valence-electron chi connectivity index (χ0n) is 10.6. The van der Waals surface area contributed by atoms with Crippen LogP contribution in [0.2, 0.25) is 0 Å². The summed E-state index contributed by atoms with van der Waals surface area (Å²) in [5.74, 6) is -0.232. The number of aryl methyl sites for hydroxylation is 1. The number of nitrogens with zero attached hydrogens (tertiary/aromatic N) is 2. The van der Waals surface area contributed by atoms with Gasteiger partial charge in [-0.05, 0) is 35.9 Å². The number of fused-ring (bicyclic) bond motifs is 1. The van der Waals surface area contributed by atoms with Crippen molar-refractivity contribution in [2.75, 3.05) is 0 Å². The van der Waals surface area contributed by atoms with Crippen LogP contribution in [0, 0.1) is 5.82 Å². The van der Waals surface area contributed by atoms with Crippen LogP contribution in [0.1, 0.15) is 5.56 Å². The van der Waals surface area contributed by atoms with Gasteiger partial charge in [0.1, 0.15) is 5.82 Å². The number of nitrogens with two attached hydrogens (primary N) is 1. The van der Waals surface area contributed by atoms with E-state index in [1.807, 2.05) is 29.9 Å². The van der Waals surface area contributed by atoms with Gasteiger partial charge in [0.2, 0.25) is 0 Å². The van der Waals surface area contributed by atoms with Gasteiger partial charge in [-0.1, -0.05) is 0 Å². The smallest absolute Gasteiger partial charge is 0.125 e. The summed E-state index contributed by atoms with van der Waals surface area (Å²) in [6.45, 7) is 0.481. The van der Waals surface area contributed by atoms with E-state index in [1.165, 1.54) is 12.1 Å². The lowest BCUT2D eigenvalue weighted by atomic mass is 10.1. The lowest BCUT2D eigenvalue weighted by Gasteiger charge is -2.01. The van der Waals surface area contributed by atoms with Crippen molar-refractivity contribution in [3.8, 4) is 11.3 Å². The average Bonchev–Trinajstić information content (AvgIpc) is 2.76. The molecule has 0 fully saturated rings. The summed E-state index contributed by atoms with van der Waals surface area (Å²) in [5.41, 5.74) is 9.39. The molecule has 96 valence electrons. The topological polar surface area (TPSA) is 43.8 Å². The summed E-state index contributed by atoms with van der Waals surface area (Å²) in [4.78, 5) is 4.38. The van der Waals surface area contributed by atoms with Gasteiger partial charge in [0.15, 0.2) is 0 Å². The third kappa shape index (κ3) is 2.00. The number of hydrogen-bond acceptors (Lipinski definition) is 2. The summed E-state index contributed by atoms with van der Waals surface area (Å²) in [5, 5.41) is 0.991. The summed E-state index contributed by atoms with van der Waals surface area (Å²) >= 11 is 0. The second kappa shape index (κ2) is 4.48. The van der Waals surface area contributed by atoms with Crippen molar-refractivity contribution >= 4 is 10.9 Å². The maximum Gasteiger partial charge on any atom is 0.125 e. The van der Waals surface area contributed by atoms with Gasteiger partial charge in [-0.3, -0.25) is 4.98 Å². The Morgan fingerprint density at radius 3 is 2.89 bits per heavy atom. The Bertz CT molecular complexity index is 746.